The summed E-state index contributed by atoms with van der Waals surface area (Å²) >= 11 is 0. The second kappa shape index (κ2) is 8.42. The number of rotatable bonds is 7. The summed E-state index contributed by atoms with van der Waals surface area (Å²) in [4.78, 5) is 16.4. The van der Waals surface area contributed by atoms with Gasteiger partial charge in [0.15, 0.2) is 5.69 Å². The minimum Gasteiger partial charge on any atom is -0.446 e. The summed E-state index contributed by atoms with van der Waals surface area (Å²) in [7, 11) is 0. The van der Waals surface area contributed by atoms with Crippen LogP contribution in [0.2, 0.25) is 0 Å². The van der Waals surface area contributed by atoms with Crippen molar-refractivity contribution >= 4 is 5.91 Å². The molecule has 0 aliphatic carbocycles. The Morgan fingerprint density at radius 3 is 2.19 bits per heavy atom. The lowest BCUT2D eigenvalue weighted by Crippen LogP contribution is -2.29. The first-order valence-electron chi connectivity index (χ1n) is 8.39. The van der Waals surface area contributed by atoms with Crippen molar-refractivity contribution in [1.29, 1.82) is 0 Å². The zero-order chi connectivity index (χ0) is 18.4. The molecule has 0 fully saturated rings. The number of aliphatic hydroxyl groups excluding tert-OH is 1. The second-order valence-corrected chi connectivity index (χ2v) is 5.94. The number of hydrogen-bond acceptors (Lipinski definition) is 5. The molecule has 1 aromatic heterocycles. The second-order valence-electron chi connectivity index (χ2n) is 5.94. The first-order chi connectivity index (χ1) is 12.7. The Balaban J connectivity index is 1.74. The van der Waals surface area contributed by atoms with Crippen LogP contribution in [0.4, 0.5) is 0 Å². The maximum Gasteiger partial charge on any atom is 0.273 e. The number of benzene rings is 2. The van der Waals surface area contributed by atoms with Gasteiger partial charge in [-0.3, -0.25) is 4.79 Å². The predicted molar refractivity (Wildman–Crippen MR) is 97.6 cm³/mol. The van der Waals surface area contributed by atoms with Crippen molar-refractivity contribution in [3.05, 3.63) is 89.6 Å². The lowest BCUT2D eigenvalue weighted by molar-refractivity contribution is 0.0947. The number of aromatic nitrogens is 1. The summed E-state index contributed by atoms with van der Waals surface area (Å²) in [5.74, 6) is -0.185. The average molecular weight is 351 g/mol. The molecule has 0 bridgehead atoms. The van der Waals surface area contributed by atoms with E-state index in [9.17, 15) is 4.79 Å². The van der Waals surface area contributed by atoms with Crippen molar-refractivity contribution < 1.29 is 14.3 Å². The molecule has 1 unspecified atom stereocenters. The molecule has 6 nitrogen and oxygen atoms in total. The SMILES string of the molecule is NC(CO)c1nc(C(=O)NCC(c2ccccc2)c2ccccc2)co1. The van der Waals surface area contributed by atoms with E-state index in [-0.39, 0.29) is 30.0 Å². The lowest BCUT2D eigenvalue weighted by Gasteiger charge is -2.18. The van der Waals surface area contributed by atoms with E-state index in [1.165, 1.54) is 6.26 Å². The molecule has 0 saturated carbocycles. The molecule has 1 heterocycles. The standard InChI is InChI=1S/C20H21N3O3/c21-17(12-24)20-23-18(13-26-20)19(25)22-11-16(14-7-3-1-4-8-14)15-9-5-2-6-10-15/h1-10,13,16-17,24H,11-12,21H2,(H,22,25). The number of hydrogen-bond donors (Lipinski definition) is 3. The van der Waals surface area contributed by atoms with Crippen LogP contribution in [0, 0.1) is 0 Å². The van der Waals surface area contributed by atoms with E-state index in [1.54, 1.807) is 0 Å². The van der Waals surface area contributed by atoms with Crippen LogP contribution < -0.4 is 11.1 Å². The first kappa shape index (κ1) is 17.8. The van der Waals surface area contributed by atoms with Gasteiger partial charge in [-0.15, -0.1) is 0 Å². The Kier molecular flexibility index (Phi) is 5.78. The van der Waals surface area contributed by atoms with Gasteiger partial charge in [-0.25, -0.2) is 4.98 Å². The van der Waals surface area contributed by atoms with Crippen LogP contribution >= 0.6 is 0 Å². The normalized spacial score (nSPS) is 12.1. The van der Waals surface area contributed by atoms with Gasteiger partial charge in [0.05, 0.1) is 6.61 Å². The summed E-state index contributed by atoms with van der Waals surface area (Å²) in [6.45, 7) is 0.118. The van der Waals surface area contributed by atoms with Gasteiger partial charge in [0.25, 0.3) is 5.91 Å². The van der Waals surface area contributed by atoms with Gasteiger partial charge in [-0.2, -0.15) is 0 Å². The van der Waals surface area contributed by atoms with Crippen molar-refractivity contribution in [2.24, 2.45) is 5.73 Å². The van der Waals surface area contributed by atoms with E-state index in [1.807, 2.05) is 60.7 Å². The topological polar surface area (TPSA) is 101 Å². The molecule has 26 heavy (non-hydrogen) atoms. The van der Waals surface area contributed by atoms with Crippen LogP contribution in [0.1, 0.15) is 39.5 Å². The summed E-state index contributed by atoms with van der Waals surface area (Å²) in [6.07, 6.45) is 1.25. The highest BCUT2D eigenvalue weighted by Gasteiger charge is 2.19. The highest BCUT2D eigenvalue weighted by Crippen LogP contribution is 2.23. The molecule has 0 saturated heterocycles. The van der Waals surface area contributed by atoms with E-state index >= 15 is 0 Å². The molecule has 0 aliphatic rings. The van der Waals surface area contributed by atoms with Crippen molar-refractivity contribution in [3.8, 4) is 0 Å². The number of aliphatic hydroxyl groups is 1. The first-order valence-corrected chi connectivity index (χ1v) is 8.39. The fraction of sp³-hybridized carbons (Fsp3) is 0.200. The Labute approximate surface area is 151 Å². The van der Waals surface area contributed by atoms with Crippen LogP contribution in [-0.4, -0.2) is 29.1 Å². The maximum absolute atomic E-state index is 12.4. The molecule has 3 rings (SSSR count). The Hall–Kier alpha value is -2.96. The number of carbonyl (C=O) groups excluding carboxylic acids is 1. The van der Waals surface area contributed by atoms with Crippen molar-refractivity contribution in [3.63, 3.8) is 0 Å². The number of nitrogens with one attached hydrogen (secondary N) is 1. The summed E-state index contributed by atoms with van der Waals surface area (Å²) in [6, 6.07) is 19.3. The number of carbonyl (C=O) groups is 1. The van der Waals surface area contributed by atoms with Gasteiger partial charge in [-0.05, 0) is 11.1 Å². The van der Waals surface area contributed by atoms with E-state index < -0.39 is 6.04 Å². The van der Waals surface area contributed by atoms with Crippen LogP contribution in [0.3, 0.4) is 0 Å². The molecule has 0 radical (unpaired) electrons. The van der Waals surface area contributed by atoms with Crippen molar-refractivity contribution in [2.75, 3.05) is 13.2 Å². The fourth-order valence-corrected chi connectivity index (χ4v) is 2.72. The molecule has 2 aromatic carbocycles. The monoisotopic (exact) mass is 351 g/mol. The van der Waals surface area contributed by atoms with Gasteiger partial charge in [0, 0.05) is 12.5 Å². The highest BCUT2D eigenvalue weighted by molar-refractivity contribution is 5.92. The summed E-state index contributed by atoms with van der Waals surface area (Å²) < 4.78 is 5.16. The summed E-state index contributed by atoms with van der Waals surface area (Å²) in [5.41, 5.74) is 8.01. The molecular formula is C20H21N3O3. The van der Waals surface area contributed by atoms with Crippen LogP contribution in [-0.2, 0) is 0 Å². The zero-order valence-corrected chi connectivity index (χ0v) is 14.2. The lowest BCUT2D eigenvalue weighted by atomic mass is 9.91. The smallest absolute Gasteiger partial charge is 0.273 e. The Bertz CT molecular complexity index is 794. The molecular weight excluding hydrogens is 330 g/mol. The van der Waals surface area contributed by atoms with Crippen molar-refractivity contribution in [2.45, 2.75) is 12.0 Å². The Morgan fingerprint density at radius 1 is 1.08 bits per heavy atom. The van der Waals surface area contributed by atoms with Crippen LogP contribution in [0.25, 0.3) is 0 Å². The molecule has 4 N–H and O–H groups in total. The number of nitrogens with two attached hydrogens (primary N) is 1. The quantitative estimate of drug-likeness (QED) is 0.606. The third-order valence-electron chi connectivity index (χ3n) is 4.14. The van der Waals surface area contributed by atoms with Crippen LogP contribution in [0.5, 0.6) is 0 Å². The number of oxazole rings is 1. The molecule has 1 amide bonds. The highest BCUT2D eigenvalue weighted by atomic mass is 16.3. The number of amides is 1. The molecule has 3 aromatic rings. The van der Waals surface area contributed by atoms with Gasteiger partial charge in [-0.1, -0.05) is 60.7 Å². The Morgan fingerprint density at radius 2 is 1.65 bits per heavy atom. The molecule has 134 valence electrons. The van der Waals surface area contributed by atoms with Crippen molar-refractivity contribution in [1.82, 2.24) is 10.3 Å². The van der Waals surface area contributed by atoms with Gasteiger partial charge in [0.2, 0.25) is 5.89 Å². The van der Waals surface area contributed by atoms with E-state index in [4.69, 9.17) is 15.3 Å². The fourth-order valence-electron chi connectivity index (χ4n) is 2.72. The molecule has 6 heteroatoms. The zero-order valence-electron chi connectivity index (χ0n) is 14.2. The van der Waals surface area contributed by atoms with Gasteiger partial charge in [0.1, 0.15) is 12.3 Å². The predicted octanol–water partition coefficient (Wildman–Crippen LogP) is 2.23. The van der Waals surface area contributed by atoms with E-state index in [0.29, 0.717) is 6.54 Å². The summed E-state index contributed by atoms with van der Waals surface area (Å²) in [5, 5.41) is 11.9. The maximum atomic E-state index is 12.4. The van der Waals surface area contributed by atoms with E-state index in [2.05, 4.69) is 10.3 Å². The largest absolute Gasteiger partial charge is 0.446 e. The molecule has 0 aliphatic heterocycles. The van der Waals surface area contributed by atoms with Gasteiger partial charge >= 0.3 is 0 Å². The molecule has 0 spiro atoms. The minimum absolute atomic E-state index is 0.0208. The number of nitrogens with zero attached hydrogens (tertiary/aromatic N) is 1. The van der Waals surface area contributed by atoms with E-state index in [0.717, 1.165) is 11.1 Å². The van der Waals surface area contributed by atoms with Crippen LogP contribution in [0.15, 0.2) is 71.3 Å². The third-order valence-corrected chi connectivity index (χ3v) is 4.14. The third kappa shape index (κ3) is 4.17. The minimum atomic E-state index is -0.738. The molecule has 1 atom stereocenters. The average Bonchev–Trinajstić information content (AvgIpc) is 3.19. The van der Waals surface area contributed by atoms with Gasteiger partial charge < -0.3 is 20.6 Å².